The van der Waals surface area contributed by atoms with Crippen LogP contribution < -0.4 is 5.32 Å². The molecule has 0 radical (unpaired) electrons. The highest BCUT2D eigenvalue weighted by Gasteiger charge is 2.13. The van der Waals surface area contributed by atoms with Crippen LogP contribution in [0.5, 0.6) is 0 Å². The fourth-order valence-corrected chi connectivity index (χ4v) is 2.44. The van der Waals surface area contributed by atoms with Crippen molar-refractivity contribution >= 4 is 35.1 Å². The monoisotopic (exact) mass is 309 g/mol. The third kappa shape index (κ3) is 5.99. The first kappa shape index (κ1) is 17.2. The summed E-state index contributed by atoms with van der Waals surface area (Å²) in [6.45, 7) is 3.32. The molecule has 1 N–H and O–H groups in total. The van der Waals surface area contributed by atoms with Gasteiger partial charge < -0.3 is 10.1 Å². The summed E-state index contributed by atoms with van der Waals surface area (Å²) < 4.78 is 4.58. The second kappa shape index (κ2) is 8.46. The number of para-hydroxylation sites is 1. The Hall–Kier alpha value is -1.82. The van der Waals surface area contributed by atoms with Crippen LogP contribution in [0.25, 0.3) is 0 Å². The van der Waals surface area contributed by atoms with Crippen LogP contribution in [0.15, 0.2) is 24.3 Å². The van der Waals surface area contributed by atoms with Crippen LogP contribution in [0.1, 0.15) is 30.6 Å². The van der Waals surface area contributed by atoms with Gasteiger partial charge in [0.15, 0.2) is 5.78 Å². The number of esters is 1. The minimum Gasteiger partial charge on any atom is -0.469 e. The number of methoxy groups -OCH3 is 1. The molecule has 5 nitrogen and oxygen atoms in total. The van der Waals surface area contributed by atoms with Crippen molar-refractivity contribution in [2.24, 2.45) is 0 Å². The lowest BCUT2D eigenvalue weighted by Gasteiger charge is -2.11. The molecule has 0 fully saturated rings. The summed E-state index contributed by atoms with van der Waals surface area (Å²) >= 11 is 1.36. The van der Waals surface area contributed by atoms with Crippen molar-refractivity contribution < 1.29 is 19.1 Å². The van der Waals surface area contributed by atoms with Crippen LogP contribution in [0.2, 0.25) is 0 Å². The summed E-state index contributed by atoms with van der Waals surface area (Å²) in [7, 11) is 1.34. The normalized spacial score (nSPS) is 11.6. The molecule has 0 saturated heterocycles. The smallest absolute Gasteiger partial charge is 0.306 e. The van der Waals surface area contributed by atoms with E-state index in [0.717, 1.165) is 0 Å². The van der Waals surface area contributed by atoms with Gasteiger partial charge in [-0.3, -0.25) is 14.4 Å². The molecule has 1 aromatic carbocycles. The second-order valence-corrected chi connectivity index (χ2v) is 5.98. The molecule has 0 heterocycles. The lowest BCUT2D eigenvalue weighted by molar-refractivity contribution is -0.140. The fraction of sp³-hybridized carbons (Fsp3) is 0.400. The van der Waals surface area contributed by atoms with Crippen LogP contribution in [-0.2, 0) is 14.3 Å². The summed E-state index contributed by atoms with van der Waals surface area (Å²) in [5.41, 5.74) is 0.995. The molecular weight excluding hydrogens is 290 g/mol. The average Bonchev–Trinajstić information content (AvgIpc) is 2.45. The molecule has 0 saturated carbocycles. The highest BCUT2D eigenvalue weighted by molar-refractivity contribution is 8.00. The van der Waals surface area contributed by atoms with Gasteiger partial charge in [0.2, 0.25) is 5.91 Å². The van der Waals surface area contributed by atoms with E-state index in [0.29, 0.717) is 11.3 Å². The van der Waals surface area contributed by atoms with Crippen molar-refractivity contribution in [1.82, 2.24) is 0 Å². The average molecular weight is 309 g/mol. The molecule has 0 spiro atoms. The number of ketones is 1. The van der Waals surface area contributed by atoms with Gasteiger partial charge in [0.05, 0.1) is 25.0 Å². The van der Waals surface area contributed by atoms with Crippen LogP contribution in [0, 0.1) is 0 Å². The number of carbonyl (C=O) groups is 3. The largest absolute Gasteiger partial charge is 0.469 e. The molecule has 21 heavy (non-hydrogen) atoms. The first-order chi connectivity index (χ1) is 9.93. The van der Waals surface area contributed by atoms with Crippen molar-refractivity contribution in [3.05, 3.63) is 29.8 Å². The van der Waals surface area contributed by atoms with Crippen molar-refractivity contribution in [1.29, 1.82) is 0 Å². The predicted octanol–water partition coefficient (Wildman–Crippen LogP) is 2.51. The van der Waals surface area contributed by atoms with E-state index in [1.165, 1.54) is 25.8 Å². The van der Waals surface area contributed by atoms with Gasteiger partial charge in [0, 0.05) is 10.8 Å². The molecule has 6 heteroatoms. The number of benzene rings is 1. The molecule has 1 aromatic rings. The molecule has 0 aliphatic heterocycles. The fourth-order valence-electron chi connectivity index (χ4n) is 1.68. The molecule has 1 amide bonds. The second-order valence-electron chi connectivity index (χ2n) is 4.55. The van der Waals surface area contributed by atoms with Crippen LogP contribution >= 0.6 is 11.8 Å². The third-order valence-corrected chi connectivity index (χ3v) is 3.93. The van der Waals surface area contributed by atoms with Crippen LogP contribution in [0.3, 0.4) is 0 Å². The van der Waals surface area contributed by atoms with E-state index < -0.39 is 0 Å². The number of ether oxygens (including phenoxy) is 1. The third-order valence-electron chi connectivity index (χ3n) is 2.76. The van der Waals surface area contributed by atoms with E-state index in [2.05, 4.69) is 10.1 Å². The first-order valence-electron chi connectivity index (χ1n) is 6.52. The molecule has 0 aliphatic rings. The highest BCUT2D eigenvalue weighted by atomic mass is 32.2. The number of Topliss-reactive ketones (excluding diaryl/α,β-unsaturated/α-hetero) is 1. The van der Waals surface area contributed by atoms with E-state index >= 15 is 0 Å². The molecule has 0 aromatic heterocycles. The lowest BCUT2D eigenvalue weighted by Crippen LogP contribution is -2.18. The lowest BCUT2D eigenvalue weighted by atomic mass is 10.1. The quantitative estimate of drug-likeness (QED) is 0.619. The Labute approximate surface area is 128 Å². The topological polar surface area (TPSA) is 72.5 Å². The molecule has 0 bridgehead atoms. The number of anilines is 1. The number of amides is 1. The number of thioether (sulfide) groups is 1. The van der Waals surface area contributed by atoms with E-state index in [-0.39, 0.29) is 35.1 Å². The van der Waals surface area contributed by atoms with Gasteiger partial charge in [0.1, 0.15) is 0 Å². The van der Waals surface area contributed by atoms with Crippen molar-refractivity contribution in [2.75, 3.05) is 18.2 Å². The molecule has 114 valence electrons. The molecule has 1 unspecified atom stereocenters. The zero-order valence-electron chi connectivity index (χ0n) is 12.3. The van der Waals surface area contributed by atoms with Gasteiger partial charge in [-0.15, -0.1) is 11.8 Å². The molecular formula is C15H19NO4S. The number of hydrogen-bond donors (Lipinski definition) is 1. The number of rotatable bonds is 7. The Morgan fingerprint density at radius 1 is 1.29 bits per heavy atom. The molecule has 1 atom stereocenters. The van der Waals surface area contributed by atoms with Crippen LogP contribution in [-0.4, -0.2) is 35.8 Å². The van der Waals surface area contributed by atoms with Gasteiger partial charge >= 0.3 is 5.97 Å². The first-order valence-corrected chi connectivity index (χ1v) is 7.57. The van der Waals surface area contributed by atoms with Gasteiger partial charge in [0.25, 0.3) is 0 Å². The Bertz CT molecular complexity index is 530. The standard InChI is InChI=1S/C15H19NO4S/c1-10(8-15(19)20-3)21-9-14(18)16-13-7-5-4-6-12(13)11(2)17/h4-7,10H,8-9H2,1-3H3,(H,16,18). The van der Waals surface area contributed by atoms with Crippen molar-refractivity contribution in [3.8, 4) is 0 Å². The Morgan fingerprint density at radius 3 is 2.57 bits per heavy atom. The van der Waals surface area contributed by atoms with E-state index in [1.54, 1.807) is 24.3 Å². The number of nitrogens with one attached hydrogen (secondary N) is 1. The maximum absolute atomic E-state index is 11.9. The highest BCUT2D eigenvalue weighted by Crippen LogP contribution is 2.18. The summed E-state index contributed by atoms with van der Waals surface area (Å²) in [6, 6.07) is 6.87. The summed E-state index contributed by atoms with van der Waals surface area (Å²) in [4.78, 5) is 34.5. The summed E-state index contributed by atoms with van der Waals surface area (Å²) in [5.74, 6) is -0.384. The Balaban J connectivity index is 2.51. The van der Waals surface area contributed by atoms with Crippen molar-refractivity contribution in [2.45, 2.75) is 25.5 Å². The Morgan fingerprint density at radius 2 is 1.95 bits per heavy atom. The van der Waals surface area contributed by atoms with E-state index in [9.17, 15) is 14.4 Å². The van der Waals surface area contributed by atoms with Crippen LogP contribution in [0.4, 0.5) is 5.69 Å². The Kier molecular flexibility index (Phi) is 6.94. The maximum Gasteiger partial charge on any atom is 0.306 e. The van der Waals surface area contributed by atoms with Gasteiger partial charge in [-0.1, -0.05) is 19.1 Å². The van der Waals surface area contributed by atoms with E-state index in [1.807, 2.05) is 6.92 Å². The zero-order valence-corrected chi connectivity index (χ0v) is 13.2. The SMILES string of the molecule is COC(=O)CC(C)SCC(=O)Nc1ccccc1C(C)=O. The number of hydrogen-bond acceptors (Lipinski definition) is 5. The minimum absolute atomic E-state index is 0.00810. The molecule has 1 rings (SSSR count). The summed E-state index contributed by atoms with van der Waals surface area (Å²) in [6.07, 6.45) is 0.262. The van der Waals surface area contributed by atoms with E-state index in [4.69, 9.17) is 0 Å². The van der Waals surface area contributed by atoms with Crippen molar-refractivity contribution in [3.63, 3.8) is 0 Å². The zero-order chi connectivity index (χ0) is 15.8. The predicted molar refractivity (Wildman–Crippen MR) is 83.6 cm³/mol. The van der Waals surface area contributed by atoms with Gasteiger partial charge in [-0.05, 0) is 19.1 Å². The minimum atomic E-state index is -0.294. The van der Waals surface area contributed by atoms with Gasteiger partial charge in [-0.25, -0.2) is 0 Å². The number of carbonyl (C=O) groups excluding carboxylic acids is 3. The molecule has 0 aliphatic carbocycles. The summed E-state index contributed by atoms with van der Waals surface area (Å²) in [5, 5.41) is 2.71. The van der Waals surface area contributed by atoms with Gasteiger partial charge in [-0.2, -0.15) is 0 Å². The maximum atomic E-state index is 11.9.